The monoisotopic (exact) mass is 252 g/mol. The molecule has 4 heteroatoms. The SMILES string of the molecule is CCC1C(=O)NC(C)(C)C(=O)N1CC1CCCC1. The molecule has 1 atom stereocenters. The van der Waals surface area contributed by atoms with E-state index in [2.05, 4.69) is 5.32 Å². The molecule has 1 unspecified atom stereocenters. The van der Waals surface area contributed by atoms with Crippen molar-refractivity contribution in [3.05, 3.63) is 0 Å². The second-order valence-corrected chi connectivity index (χ2v) is 6.15. The van der Waals surface area contributed by atoms with Crippen LogP contribution in [-0.4, -0.2) is 34.8 Å². The van der Waals surface area contributed by atoms with Gasteiger partial charge in [-0.2, -0.15) is 0 Å². The molecule has 2 fully saturated rings. The Balaban J connectivity index is 2.15. The van der Waals surface area contributed by atoms with Gasteiger partial charge in [0.05, 0.1) is 0 Å². The van der Waals surface area contributed by atoms with Crippen LogP contribution in [0, 0.1) is 5.92 Å². The molecule has 0 spiro atoms. The highest BCUT2D eigenvalue weighted by Gasteiger charge is 2.45. The number of hydrogen-bond donors (Lipinski definition) is 1. The first kappa shape index (κ1) is 13.4. The smallest absolute Gasteiger partial charge is 0.248 e. The average molecular weight is 252 g/mol. The molecule has 18 heavy (non-hydrogen) atoms. The van der Waals surface area contributed by atoms with Gasteiger partial charge in [-0.1, -0.05) is 19.8 Å². The lowest BCUT2D eigenvalue weighted by Gasteiger charge is -2.43. The van der Waals surface area contributed by atoms with Gasteiger partial charge in [-0.25, -0.2) is 0 Å². The van der Waals surface area contributed by atoms with Crippen molar-refractivity contribution in [3.8, 4) is 0 Å². The number of nitrogens with zero attached hydrogens (tertiary/aromatic N) is 1. The summed E-state index contributed by atoms with van der Waals surface area (Å²) in [5.74, 6) is 0.658. The van der Waals surface area contributed by atoms with E-state index in [4.69, 9.17) is 0 Å². The summed E-state index contributed by atoms with van der Waals surface area (Å²) in [6.45, 7) is 6.31. The molecule has 0 aromatic carbocycles. The first-order valence-electron chi connectivity index (χ1n) is 7.09. The van der Waals surface area contributed by atoms with Gasteiger partial charge in [0, 0.05) is 6.54 Å². The van der Waals surface area contributed by atoms with Crippen LogP contribution < -0.4 is 5.32 Å². The summed E-state index contributed by atoms with van der Waals surface area (Å²) in [6, 6.07) is -0.272. The van der Waals surface area contributed by atoms with Gasteiger partial charge in [0.25, 0.3) is 0 Å². The van der Waals surface area contributed by atoms with Crippen molar-refractivity contribution in [2.75, 3.05) is 6.54 Å². The summed E-state index contributed by atoms with van der Waals surface area (Å²) in [6.07, 6.45) is 5.61. The van der Waals surface area contributed by atoms with Crippen LogP contribution in [0.5, 0.6) is 0 Å². The van der Waals surface area contributed by atoms with E-state index in [0.717, 1.165) is 6.54 Å². The van der Waals surface area contributed by atoms with E-state index in [1.807, 2.05) is 11.8 Å². The van der Waals surface area contributed by atoms with Crippen molar-refractivity contribution < 1.29 is 9.59 Å². The number of carbonyl (C=O) groups excluding carboxylic acids is 2. The fourth-order valence-electron chi connectivity index (χ4n) is 3.17. The molecule has 0 bridgehead atoms. The van der Waals surface area contributed by atoms with Gasteiger partial charge in [-0.05, 0) is 39.0 Å². The van der Waals surface area contributed by atoms with Gasteiger partial charge in [0.1, 0.15) is 11.6 Å². The topological polar surface area (TPSA) is 49.4 Å². The minimum absolute atomic E-state index is 0.0000898. The highest BCUT2D eigenvalue weighted by molar-refractivity contribution is 5.99. The van der Waals surface area contributed by atoms with Crippen molar-refractivity contribution in [3.63, 3.8) is 0 Å². The van der Waals surface area contributed by atoms with E-state index in [0.29, 0.717) is 12.3 Å². The van der Waals surface area contributed by atoms with Crippen LogP contribution in [0.4, 0.5) is 0 Å². The number of hydrogen-bond acceptors (Lipinski definition) is 2. The normalized spacial score (nSPS) is 28.6. The summed E-state index contributed by atoms with van der Waals surface area (Å²) in [4.78, 5) is 26.4. The van der Waals surface area contributed by atoms with Gasteiger partial charge in [0.2, 0.25) is 11.8 Å². The molecule has 0 radical (unpaired) electrons. The molecule has 2 amide bonds. The van der Waals surface area contributed by atoms with Crippen molar-refractivity contribution in [1.82, 2.24) is 10.2 Å². The van der Waals surface area contributed by atoms with Crippen LogP contribution >= 0.6 is 0 Å². The maximum absolute atomic E-state index is 12.5. The molecule has 1 saturated heterocycles. The third-order valence-corrected chi connectivity index (χ3v) is 4.23. The lowest BCUT2D eigenvalue weighted by Crippen LogP contribution is -2.68. The highest BCUT2D eigenvalue weighted by Crippen LogP contribution is 2.29. The molecule has 1 heterocycles. The molecular formula is C14H24N2O2. The average Bonchev–Trinajstić information content (AvgIpc) is 2.78. The Morgan fingerprint density at radius 1 is 1.28 bits per heavy atom. The maximum Gasteiger partial charge on any atom is 0.248 e. The van der Waals surface area contributed by atoms with Crippen LogP contribution in [0.2, 0.25) is 0 Å². The number of rotatable bonds is 3. The Kier molecular flexibility index (Phi) is 3.64. The number of amides is 2. The van der Waals surface area contributed by atoms with E-state index in [1.165, 1.54) is 25.7 Å². The van der Waals surface area contributed by atoms with Gasteiger partial charge >= 0.3 is 0 Å². The predicted molar refractivity (Wildman–Crippen MR) is 70.0 cm³/mol. The molecule has 1 saturated carbocycles. The largest absolute Gasteiger partial charge is 0.340 e. The fraction of sp³-hybridized carbons (Fsp3) is 0.857. The molecular weight excluding hydrogens is 228 g/mol. The minimum atomic E-state index is -0.749. The zero-order valence-electron chi connectivity index (χ0n) is 11.7. The third kappa shape index (κ3) is 2.38. The third-order valence-electron chi connectivity index (χ3n) is 4.23. The van der Waals surface area contributed by atoms with Gasteiger partial charge in [0.15, 0.2) is 0 Å². The van der Waals surface area contributed by atoms with Gasteiger partial charge in [-0.15, -0.1) is 0 Å². The number of piperazine rings is 1. The van der Waals surface area contributed by atoms with E-state index in [-0.39, 0.29) is 17.9 Å². The number of nitrogens with one attached hydrogen (secondary N) is 1. The van der Waals surface area contributed by atoms with Crippen molar-refractivity contribution in [2.24, 2.45) is 5.92 Å². The second kappa shape index (κ2) is 4.90. The zero-order valence-corrected chi connectivity index (χ0v) is 11.7. The predicted octanol–water partition coefficient (Wildman–Crippen LogP) is 1.69. The molecule has 2 aliphatic rings. The summed E-state index contributed by atoms with van der Waals surface area (Å²) in [7, 11) is 0. The molecule has 1 N–H and O–H groups in total. The summed E-state index contributed by atoms with van der Waals surface area (Å²) in [5.41, 5.74) is -0.749. The summed E-state index contributed by atoms with van der Waals surface area (Å²) < 4.78 is 0. The molecule has 4 nitrogen and oxygen atoms in total. The Morgan fingerprint density at radius 2 is 1.89 bits per heavy atom. The standard InChI is InChI=1S/C14H24N2O2/c1-4-11-12(17)15-14(2,3)13(18)16(11)9-10-7-5-6-8-10/h10-11H,4-9H2,1-3H3,(H,15,17). The first-order valence-corrected chi connectivity index (χ1v) is 7.09. The van der Waals surface area contributed by atoms with Crippen LogP contribution in [-0.2, 0) is 9.59 Å². The van der Waals surface area contributed by atoms with Crippen LogP contribution in [0.3, 0.4) is 0 Å². The quantitative estimate of drug-likeness (QED) is 0.831. The summed E-state index contributed by atoms with van der Waals surface area (Å²) >= 11 is 0. The lowest BCUT2D eigenvalue weighted by molar-refractivity contribution is -0.154. The Morgan fingerprint density at radius 3 is 2.44 bits per heavy atom. The molecule has 1 aliphatic carbocycles. The second-order valence-electron chi connectivity index (χ2n) is 6.15. The fourth-order valence-corrected chi connectivity index (χ4v) is 3.17. The molecule has 102 valence electrons. The van der Waals surface area contributed by atoms with Crippen molar-refractivity contribution in [2.45, 2.75) is 64.5 Å². The zero-order chi connectivity index (χ0) is 13.3. The summed E-state index contributed by atoms with van der Waals surface area (Å²) in [5, 5.41) is 2.83. The van der Waals surface area contributed by atoms with Crippen LogP contribution in [0.15, 0.2) is 0 Å². The van der Waals surface area contributed by atoms with E-state index in [1.54, 1.807) is 13.8 Å². The van der Waals surface area contributed by atoms with E-state index < -0.39 is 5.54 Å². The molecule has 0 aromatic heterocycles. The Bertz CT molecular complexity index is 346. The van der Waals surface area contributed by atoms with Crippen molar-refractivity contribution in [1.29, 1.82) is 0 Å². The first-order chi connectivity index (χ1) is 8.45. The maximum atomic E-state index is 12.5. The number of carbonyl (C=O) groups is 2. The van der Waals surface area contributed by atoms with Gasteiger partial charge in [-0.3, -0.25) is 9.59 Å². The highest BCUT2D eigenvalue weighted by atomic mass is 16.2. The van der Waals surface area contributed by atoms with Crippen LogP contribution in [0.1, 0.15) is 52.9 Å². The van der Waals surface area contributed by atoms with Gasteiger partial charge < -0.3 is 10.2 Å². The molecule has 2 rings (SSSR count). The minimum Gasteiger partial charge on any atom is -0.340 e. The molecule has 0 aromatic rings. The van der Waals surface area contributed by atoms with E-state index in [9.17, 15) is 9.59 Å². The van der Waals surface area contributed by atoms with E-state index >= 15 is 0 Å². The Labute approximate surface area is 109 Å². The van der Waals surface area contributed by atoms with Crippen LogP contribution in [0.25, 0.3) is 0 Å². The Hall–Kier alpha value is -1.06. The molecule has 1 aliphatic heterocycles. The lowest BCUT2D eigenvalue weighted by atomic mass is 9.94. The van der Waals surface area contributed by atoms with Crippen molar-refractivity contribution >= 4 is 11.8 Å².